The fraction of sp³-hybridized carbons (Fsp3) is 0.318. The minimum Gasteiger partial charge on any atom is -0.493 e. The molecular weight excluding hydrogens is 384 g/mol. The van der Waals surface area contributed by atoms with Gasteiger partial charge in [-0.05, 0) is 18.2 Å². The zero-order valence-corrected chi connectivity index (χ0v) is 17.1. The highest BCUT2D eigenvalue weighted by molar-refractivity contribution is 5.68. The lowest BCUT2D eigenvalue weighted by atomic mass is 10.1. The summed E-state index contributed by atoms with van der Waals surface area (Å²) in [6.45, 7) is 4.18. The first-order valence-corrected chi connectivity index (χ1v) is 9.69. The Balaban J connectivity index is 1.68. The maximum atomic E-state index is 11.1. The number of non-ortho nitro benzene ring substituents is 1. The van der Waals surface area contributed by atoms with Crippen LogP contribution in [0.5, 0.6) is 11.5 Å². The molecule has 2 aromatic rings. The van der Waals surface area contributed by atoms with Gasteiger partial charge in [0.1, 0.15) is 6.54 Å². The van der Waals surface area contributed by atoms with Crippen LogP contribution >= 0.6 is 0 Å². The van der Waals surface area contributed by atoms with E-state index in [9.17, 15) is 15.4 Å². The molecule has 1 heterocycles. The van der Waals surface area contributed by atoms with Gasteiger partial charge in [0.15, 0.2) is 11.5 Å². The van der Waals surface area contributed by atoms with E-state index in [1.54, 1.807) is 26.4 Å². The average Bonchev–Trinajstić information content (AvgIpc) is 2.78. The van der Waals surface area contributed by atoms with Gasteiger partial charge in [0.05, 0.1) is 57.1 Å². The number of rotatable bonds is 7. The Morgan fingerprint density at radius 3 is 2.57 bits per heavy atom. The van der Waals surface area contributed by atoms with Crippen LogP contribution in [0.4, 0.5) is 5.69 Å². The molecule has 0 aliphatic carbocycles. The number of allylic oxidation sites excluding steroid dienone is 1. The number of nitrogens with one attached hydrogen (secondary N) is 1. The quantitative estimate of drug-likeness (QED) is 0.426. The summed E-state index contributed by atoms with van der Waals surface area (Å²) in [5, 5.41) is 20.3. The number of hydrogen-bond acceptors (Lipinski definition) is 6. The summed E-state index contributed by atoms with van der Waals surface area (Å²) < 4.78 is 10.7. The first-order chi connectivity index (χ1) is 14.5. The molecule has 2 aromatic carbocycles. The molecule has 8 heteroatoms. The van der Waals surface area contributed by atoms with Crippen molar-refractivity contribution in [1.29, 1.82) is 5.26 Å². The molecule has 30 heavy (non-hydrogen) atoms. The van der Waals surface area contributed by atoms with Gasteiger partial charge in [-0.15, -0.1) is 0 Å². The van der Waals surface area contributed by atoms with Crippen LogP contribution in [0.1, 0.15) is 11.1 Å². The topological polar surface area (TPSA) is 93.1 Å². The van der Waals surface area contributed by atoms with E-state index in [0.29, 0.717) is 11.3 Å². The molecule has 0 aromatic heterocycles. The van der Waals surface area contributed by atoms with E-state index in [1.165, 1.54) is 28.7 Å². The third kappa shape index (κ3) is 4.88. The van der Waals surface area contributed by atoms with Gasteiger partial charge in [0.2, 0.25) is 0 Å². The minimum atomic E-state index is -0.418. The van der Waals surface area contributed by atoms with Gasteiger partial charge >= 0.3 is 0 Å². The summed E-state index contributed by atoms with van der Waals surface area (Å²) in [5.74, 6) is 1.43. The molecule has 1 saturated heterocycles. The van der Waals surface area contributed by atoms with Crippen LogP contribution in [0.15, 0.2) is 48.5 Å². The van der Waals surface area contributed by atoms with E-state index in [-0.39, 0.29) is 5.69 Å². The zero-order chi connectivity index (χ0) is 21.5. The van der Waals surface area contributed by atoms with E-state index < -0.39 is 4.92 Å². The molecular formula is C22H25N4O4+. The smallest absolute Gasteiger partial charge is 0.270 e. The molecule has 0 spiro atoms. The van der Waals surface area contributed by atoms with E-state index >= 15 is 0 Å². The second kappa shape index (κ2) is 9.76. The Hall–Kier alpha value is -3.57. The van der Waals surface area contributed by atoms with Gasteiger partial charge in [-0.3, -0.25) is 10.1 Å². The molecule has 1 fully saturated rings. The van der Waals surface area contributed by atoms with Crippen LogP contribution in [-0.2, 0) is 6.54 Å². The molecule has 0 saturated carbocycles. The third-order valence-electron chi connectivity index (χ3n) is 5.27. The summed E-state index contributed by atoms with van der Waals surface area (Å²) in [7, 11) is 3.25. The highest BCUT2D eigenvalue weighted by Crippen LogP contribution is 2.27. The van der Waals surface area contributed by atoms with Crippen LogP contribution < -0.4 is 14.4 Å². The number of quaternary nitrogens is 1. The monoisotopic (exact) mass is 409 g/mol. The largest absolute Gasteiger partial charge is 0.493 e. The first kappa shape index (κ1) is 21.1. The SMILES string of the molecule is COc1ccc(C[NH+]2CCN(/C(=C\C#N)c3cccc([N+](=O)[O-])c3)CC2)cc1OC. The third-order valence-corrected chi connectivity index (χ3v) is 5.27. The Kier molecular flexibility index (Phi) is 6.88. The van der Waals surface area contributed by atoms with Crippen molar-refractivity contribution in [2.75, 3.05) is 40.4 Å². The first-order valence-electron chi connectivity index (χ1n) is 9.69. The van der Waals surface area contributed by atoms with Crippen molar-refractivity contribution in [3.05, 3.63) is 69.8 Å². The number of nitro groups is 1. The second-order valence-electron chi connectivity index (χ2n) is 7.07. The molecule has 0 bridgehead atoms. The Labute approximate surface area is 175 Å². The van der Waals surface area contributed by atoms with Gasteiger partial charge in [-0.25, -0.2) is 0 Å². The maximum Gasteiger partial charge on any atom is 0.270 e. The van der Waals surface area contributed by atoms with Gasteiger partial charge in [0, 0.05) is 29.3 Å². The predicted molar refractivity (Wildman–Crippen MR) is 112 cm³/mol. The standard InChI is InChI=1S/C22H24N4O4/c1-29-21-7-6-17(14-22(21)30-2)16-24-10-12-25(13-11-24)20(8-9-23)18-4-3-5-19(15-18)26(27)28/h3-8,14-15H,10-13,16H2,1-2H3/p+1/b20-8-. The Morgan fingerprint density at radius 2 is 1.93 bits per heavy atom. The van der Waals surface area contributed by atoms with E-state index in [0.717, 1.165) is 44.2 Å². The van der Waals surface area contributed by atoms with Crippen LogP contribution in [0.3, 0.4) is 0 Å². The van der Waals surface area contributed by atoms with Crippen molar-refractivity contribution in [2.24, 2.45) is 0 Å². The molecule has 8 nitrogen and oxygen atoms in total. The molecule has 3 rings (SSSR count). The lowest BCUT2D eigenvalue weighted by molar-refractivity contribution is -0.917. The molecule has 1 N–H and O–H groups in total. The lowest BCUT2D eigenvalue weighted by Gasteiger charge is -2.35. The van der Waals surface area contributed by atoms with Crippen LogP contribution in [0.25, 0.3) is 5.70 Å². The van der Waals surface area contributed by atoms with Crippen molar-refractivity contribution >= 4 is 11.4 Å². The van der Waals surface area contributed by atoms with E-state index in [4.69, 9.17) is 9.47 Å². The number of nitrogens with zero attached hydrogens (tertiary/aromatic N) is 3. The van der Waals surface area contributed by atoms with Crippen LogP contribution in [-0.4, -0.2) is 50.2 Å². The van der Waals surface area contributed by atoms with Crippen molar-refractivity contribution in [3.63, 3.8) is 0 Å². The maximum absolute atomic E-state index is 11.1. The Morgan fingerprint density at radius 1 is 1.20 bits per heavy atom. The Bertz CT molecular complexity index is 975. The van der Waals surface area contributed by atoms with Crippen molar-refractivity contribution in [2.45, 2.75) is 6.54 Å². The normalized spacial score (nSPS) is 14.8. The summed E-state index contributed by atoms with van der Waals surface area (Å²) in [4.78, 5) is 14.2. The summed E-state index contributed by atoms with van der Waals surface area (Å²) in [5.41, 5.74) is 2.61. The molecule has 0 radical (unpaired) electrons. The van der Waals surface area contributed by atoms with E-state index in [1.807, 2.05) is 18.2 Å². The molecule has 0 amide bonds. The molecule has 0 atom stereocenters. The summed E-state index contributed by atoms with van der Waals surface area (Å²) >= 11 is 0. The molecule has 0 unspecified atom stereocenters. The van der Waals surface area contributed by atoms with Gasteiger partial charge in [0.25, 0.3) is 5.69 Å². The fourth-order valence-corrected chi connectivity index (χ4v) is 3.72. The molecule has 1 aliphatic heterocycles. The van der Waals surface area contributed by atoms with Crippen LogP contribution in [0, 0.1) is 21.4 Å². The number of piperazine rings is 1. The minimum absolute atomic E-state index is 0.0223. The molecule has 156 valence electrons. The van der Waals surface area contributed by atoms with Crippen molar-refractivity contribution in [1.82, 2.24) is 4.90 Å². The number of methoxy groups -OCH3 is 2. The van der Waals surface area contributed by atoms with Gasteiger partial charge < -0.3 is 19.3 Å². The average molecular weight is 409 g/mol. The zero-order valence-electron chi connectivity index (χ0n) is 17.1. The highest BCUT2D eigenvalue weighted by atomic mass is 16.6. The number of benzene rings is 2. The summed E-state index contributed by atoms with van der Waals surface area (Å²) in [6.07, 6.45) is 1.47. The number of hydrogen-bond donors (Lipinski definition) is 1. The van der Waals surface area contributed by atoms with Gasteiger partial charge in [-0.1, -0.05) is 12.1 Å². The van der Waals surface area contributed by atoms with Crippen LogP contribution in [0.2, 0.25) is 0 Å². The van der Waals surface area contributed by atoms with Gasteiger partial charge in [-0.2, -0.15) is 5.26 Å². The predicted octanol–water partition coefficient (Wildman–Crippen LogP) is 1.88. The number of ether oxygens (including phenoxy) is 2. The van der Waals surface area contributed by atoms with Crippen molar-refractivity contribution < 1.29 is 19.3 Å². The highest BCUT2D eigenvalue weighted by Gasteiger charge is 2.23. The second-order valence-corrected chi connectivity index (χ2v) is 7.07. The number of nitriles is 1. The lowest BCUT2D eigenvalue weighted by Crippen LogP contribution is -3.13. The fourth-order valence-electron chi connectivity index (χ4n) is 3.72. The summed E-state index contributed by atoms with van der Waals surface area (Å²) in [6, 6.07) is 14.5. The van der Waals surface area contributed by atoms with Crippen molar-refractivity contribution in [3.8, 4) is 17.6 Å². The number of nitro benzene ring substituents is 1. The molecule has 1 aliphatic rings. The van der Waals surface area contributed by atoms with E-state index in [2.05, 4.69) is 11.0 Å².